The lowest BCUT2D eigenvalue weighted by Crippen LogP contribution is -2.25. The van der Waals surface area contributed by atoms with Crippen molar-refractivity contribution in [3.05, 3.63) is 12.2 Å². The fraction of sp³-hybridized carbons (Fsp3) is 0.824. The maximum atomic E-state index is 11.5. The number of rotatable bonds is 12. The predicted molar refractivity (Wildman–Crippen MR) is 87.8 cm³/mol. The zero-order chi connectivity index (χ0) is 18.0. The molecule has 0 saturated carbocycles. The lowest BCUT2D eigenvalue weighted by molar-refractivity contribution is -0.124. The van der Waals surface area contributed by atoms with Crippen molar-refractivity contribution in [2.75, 3.05) is 0 Å². The summed E-state index contributed by atoms with van der Waals surface area (Å²) in [5.74, 6) is -0.208. The maximum absolute atomic E-state index is 11.5. The van der Waals surface area contributed by atoms with Crippen LogP contribution in [-0.4, -0.2) is 61.8 Å². The summed E-state index contributed by atoms with van der Waals surface area (Å²) < 4.78 is 0. The lowest BCUT2D eigenvalue weighted by atomic mass is 9.97. The van der Waals surface area contributed by atoms with Crippen molar-refractivity contribution in [2.45, 2.75) is 83.4 Å². The smallest absolute Gasteiger partial charge is 0.137 e. The largest absolute Gasteiger partial charge is 0.393 e. The van der Waals surface area contributed by atoms with Gasteiger partial charge in [-0.25, -0.2) is 0 Å². The first-order chi connectivity index (χ1) is 10.6. The van der Waals surface area contributed by atoms with Crippen LogP contribution < -0.4 is 0 Å². The minimum absolute atomic E-state index is 0.00615. The fourth-order valence-corrected chi connectivity index (χ4v) is 2.20. The van der Waals surface area contributed by atoms with Crippen LogP contribution in [0.5, 0.6) is 0 Å². The number of Topliss-reactive ketones (excluding diaryl/α,β-unsaturated/α-hetero) is 1. The van der Waals surface area contributed by atoms with Crippen molar-refractivity contribution in [2.24, 2.45) is 5.92 Å². The van der Waals surface area contributed by atoms with Crippen molar-refractivity contribution in [3.63, 3.8) is 0 Å². The summed E-state index contributed by atoms with van der Waals surface area (Å²) >= 11 is 0. The van der Waals surface area contributed by atoms with E-state index in [1.54, 1.807) is 26.8 Å². The van der Waals surface area contributed by atoms with Crippen LogP contribution in [0.25, 0.3) is 0 Å². The second-order valence-electron chi connectivity index (χ2n) is 6.57. The van der Waals surface area contributed by atoms with E-state index in [0.717, 1.165) is 0 Å². The molecule has 0 saturated heterocycles. The molecule has 5 atom stereocenters. The van der Waals surface area contributed by atoms with E-state index in [1.807, 2.05) is 0 Å². The Balaban J connectivity index is 4.05. The molecule has 0 heterocycles. The molecule has 0 aromatic heterocycles. The number of aliphatic hydroxyl groups excluding tert-OH is 5. The minimum atomic E-state index is -0.913. The van der Waals surface area contributed by atoms with Crippen molar-refractivity contribution in [1.29, 1.82) is 0 Å². The Morgan fingerprint density at radius 1 is 0.870 bits per heavy atom. The van der Waals surface area contributed by atoms with Gasteiger partial charge in [-0.3, -0.25) is 4.79 Å². The lowest BCUT2D eigenvalue weighted by Gasteiger charge is -2.17. The van der Waals surface area contributed by atoms with Gasteiger partial charge in [0, 0.05) is 18.8 Å². The van der Waals surface area contributed by atoms with Gasteiger partial charge in [-0.15, -0.1) is 0 Å². The third-order valence-electron chi connectivity index (χ3n) is 3.52. The predicted octanol–water partition coefficient (Wildman–Crippen LogP) is 0.543. The topological polar surface area (TPSA) is 118 Å². The fourth-order valence-electron chi connectivity index (χ4n) is 2.20. The third-order valence-corrected chi connectivity index (χ3v) is 3.52. The van der Waals surface area contributed by atoms with E-state index in [-0.39, 0.29) is 37.4 Å². The Kier molecular flexibility index (Phi) is 11.3. The van der Waals surface area contributed by atoms with Crippen molar-refractivity contribution in [3.8, 4) is 0 Å². The summed E-state index contributed by atoms with van der Waals surface area (Å²) in [6.07, 6.45) is -0.234. The molecule has 23 heavy (non-hydrogen) atoms. The molecule has 6 heteroatoms. The van der Waals surface area contributed by atoms with Crippen molar-refractivity contribution < 1.29 is 30.3 Å². The molecule has 0 rings (SSSR count). The molecular formula is C17H32O6. The van der Waals surface area contributed by atoms with Crippen molar-refractivity contribution >= 4 is 5.78 Å². The van der Waals surface area contributed by atoms with Crippen LogP contribution in [0.3, 0.4) is 0 Å². The van der Waals surface area contributed by atoms with Gasteiger partial charge < -0.3 is 25.5 Å². The van der Waals surface area contributed by atoms with Crippen LogP contribution >= 0.6 is 0 Å². The molecule has 5 N–H and O–H groups in total. The van der Waals surface area contributed by atoms with Crippen LogP contribution in [0, 0.1) is 5.92 Å². The Morgan fingerprint density at radius 3 is 2.00 bits per heavy atom. The van der Waals surface area contributed by atoms with Crippen LogP contribution in [0.4, 0.5) is 0 Å². The van der Waals surface area contributed by atoms with Gasteiger partial charge in [0.15, 0.2) is 0 Å². The molecular weight excluding hydrogens is 300 g/mol. The molecule has 0 aliphatic heterocycles. The third kappa shape index (κ3) is 12.3. The van der Waals surface area contributed by atoms with Crippen LogP contribution in [0.15, 0.2) is 12.2 Å². The monoisotopic (exact) mass is 332 g/mol. The number of hydrogen-bond donors (Lipinski definition) is 5. The zero-order valence-electron chi connectivity index (χ0n) is 14.3. The summed E-state index contributed by atoms with van der Waals surface area (Å²) in [4.78, 5) is 11.5. The molecule has 0 radical (unpaired) electrons. The first-order valence-corrected chi connectivity index (χ1v) is 8.21. The van der Waals surface area contributed by atoms with E-state index in [0.29, 0.717) is 6.42 Å². The van der Waals surface area contributed by atoms with E-state index in [4.69, 9.17) is 5.11 Å². The number of carbonyl (C=O) groups is 1. The average Bonchev–Trinajstić information content (AvgIpc) is 2.36. The Labute approximate surface area is 138 Å². The molecule has 0 amide bonds. The molecule has 0 aliphatic rings. The molecule has 0 bridgehead atoms. The van der Waals surface area contributed by atoms with Gasteiger partial charge >= 0.3 is 0 Å². The van der Waals surface area contributed by atoms with Gasteiger partial charge in [-0.05, 0) is 26.2 Å². The molecule has 136 valence electrons. The molecule has 0 spiro atoms. The number of ketones is 1. The second-order valence-corrected chi connectivity index (χ2v) is 6.57. The summed E-state index contributed by atoms with van der Waals surface area (Å²) in [5, 5.41) is 48.0. The van der Waals surface area contributed by atoms with E-state index < -0.39 is 30.5 Å². The van der Waals surface area contributed by atoms with Crippen LogP contribution in [0.2, 0.25) is 0 Å². The van der Waals surface area contributed by atoms with Gasteiger partial charge in [0.25, 0.3) is 0 Å². The zero-order valence-corrected chi connectivity index (χ0v) is 14.3. The van der Waals surface area contributed by atoms with Gasteiger partial charge in [-0.2, -0.15) is 0 Å². The molecule has 0 aromatic rings. The quantitative estimate of drug-likeness (QED) is 0.333. The number of aliphatic hydroxyl groups is 5. The highest BCUT2D eigenvalue weighted by Crippen LogP contribution is 2.12. The first-order valence-electron chi connectivity index (χ1n) is 8.21. The standard InChI is InChI=1S/C17H32O6/c1-11(2)17(23)10-16(22)9-15(21)8-14(20)6-4-5-13(19)7-12(3)18/h4,6,11-16,18-22H,5,7-10H2,1-3H3/b6-4+. The molecule has 0 aromatic carbocycles. The summed E-state index contributed by atoms with van der Waals surface area (Å²) in [5.41, 5.74) is 0. The van der Waals surface area contributed by atoms with Gasteiger partial charge in [-0.1, -0.05) is 26.0 Å². The van der Waals surface area contributed by atoms with E-state index in [2.05, 4.69) is 0 Å². The summed E-state index contributed by atoms with van der Waals surface area (Å²) in [6.45, 7) is 5.10. The number of carbonyl (C=O) groups excluding carboxylic acids is 1. The van der Waals surface area contributed by atoms with Gasteiger partial charge in [0.2, 0.25) is 0 Å². The Morgan fingerprint density at radius 2 is 1.48 bits per heavy atom. The van der Waals surface area contributed by atoms with Crippen molar-refractivity contribution in [1.82, 2.24) is 0 Å². The SMILES string of the molecule is CC(O)CC(O)C/C=C/C(O)CC(O)CC(O)CC(=O)C(C)C. The molecule has 0 fully saturated rings. The second kappa shape index (κ2) is 11.7. The minimum Gasteiger partial charge on any atom is -0.393 e. The average molecular weight is 332 g/mol. The van der Waals surface area contributed by atoms with E-state index >= 15 is 0 Å². The van der Waals surface area contributed by atoms with E-state index in [1.165, 1.54) is 6.08 Å². The normalized spacial score (nSPS) is 18.8. The summed E-state index contributed by atoms with van der Waals surface area (Å²) in [6, 6.07) is 0. The van der Waals surface area contributed by atoms with Gasteiger partial charge in [0.1, 0.15) is 5.78 Å². The van der Waals surface area contributed by atoms with Crippen LogP contribution in [0.1, 0.15) is 52.9 Å². The summed E-state index contributed by atoms with van der Waals surface area (Å²) in [7, 11) is 0. The number of hydrogen-bond acceptors (Lipinski definition) is 6. The van der Waals surface area contributed by atoms with E-state index in [9.17, 15) is 25.2 Å². The highest BCUT2D eigenvalue weighted by atomic mass is 16.3. The maximum Gasteiger partial charge on any atom is 0.137 e. The van der Waals surface area contributed by atoms with Crippen LogP contribution in [-0.2, 0) is 4.79 Å². The highest BCUT2D eigenvalue weighted by Gasteiger charge is 2.19. The Hall–Kier alpha value is -0.790. The van der Waals surface area contributed by atoms with Gasteiger partial charge in [0.05, 0.1) is 30.5 Å². The molecule has 0 aliphatic carbocycles. The Bertz CT molecular complexity index is 353. The molecule has 5 unspecified atom stereocenters. The molecule has 6 nitrogen and oxygen atoms in total. The first kappa shape index (κ1) is 22.2. The highest BCUT2D eigenvalue weighted by molar-refractivity contribution is 5.80.